The third kappa shape index (κ3) is 1.77. The van der Waals surface area contributed by atoms with Crippen LogP contribution in [0.1, 0.15) is 50.2 Å². The van der Waals surface area contributed by atoms with Crippen molar-refractivity contribution in [2.45, 2.75) is 39.0 Å². The standard InChI is InChI=1S/C18H20/c1-3-4-7-15-12-16-10-5-8-14-9-6-11-17(13(15)2)18(14)16/h5-6,8-13H,3-4,7H2,1-2H3. The highest BCUT2D eigenvalue weighted by molar-refractivity contribution is 5.96. The van der Waals surface area contributed by atoms with Crippen molar-refractivity contribution in [3.63, 3.8) is 0 Å². The first kappa shape index (κ1) is 11.5. The molecule has 0 heterocycles. The second-order valence-electron chi connectivity index (χ2n) is 5.34. The molecule has 0 saturated carbocycles. The van der Waals surface area contributed by atoms with Gasteiger partial charge in [0.25, 0.3) is 0 Å². The fourth-order valence-corrected chi connectivity index (χ4v) is 3.07. The van der Waals surface area contributed by atoms with Gasteiger partial charge in [0.05, 0.1) is 0 Å². The molecule has 0 bridgehead atoms. The fraction of sp³-hybridized carbons (Fsp3) is 0.333. The molecule has 3 rings (SSSR count). The van der Waals surface area contributed by atoms with Gasteiger partial charge in [-0.05, 0) is 34.7 Å². The zero-order valence-corrected chi connectivity index (χ0v) is 11.2. The van der Waals surface area contributed by atoms with Crippen molar-refractivity contribution in [3.8, 4) is 0 Å². The first-order valence-corrected chi connectivity index (χ1v) is 7.03. The molecule has 2 aromatic rings. The lowest BCUT2D eigenvalue weighted by atomic mass is 9.80. The molecule has 0 heteroatoms. The average molecular weight is 236 g/mol. The molecule has 0 amide bonds. The van der Waals surface area contributed by atoms with Gasteiger partial charge in [0.2, 0.25) is 0 Å². The summed E-state index contributed by atoms with van der Waals surface area (Å²) in [5.74, 6) is 0.579. The van der Waals surface area contributed by atoms with E-state index in [-0.39, 0.29) is 0 Å². The van der Waals surface area contributed by atoms with E-state index in [1.54, 1.807) is 5.57 Å². The van der Waals surface area contributed by atoms with Crippen LogP contribution in [0.15, 0.2) is 42.0 Å². The lowest BCUT2D eigenvalue weighted by molar-refractivity contribution is 0.734. The van der Waals surface area contributed by atoms with E-state index in [2.05, 4.69) is 56.3 Å². The summed E-state index contributed by atoms with van der Waals surface area (Å²) in [7, 11) is 0. The second-order valence-corrected chi connectivity index (χ2v) is 5.34. The molecule has 92 valence electrons. The van der Waals surface area contributed by atoms with Gasteiger partial charge in [0.1, 0.15) is 0 Å². The third-order valence-corrected chi connectivity index (χ3v) is 4.15. The van der Waals surface area contributed by atoms with Crippen LogP contribution in [0.3, 0.4) is 0 Å². The van der Waals surface area contributed by atoms with E-state index in [1.165, 1.54) is 41.2 Å². The zero-order valence-electron chi connectivity index (χ0n) is 11.2. The van der Waals surface area contributed by atoms with E-state index in [1.807, 2.05) is 0 Å². The fourth-order valence-electron chi connectivity index (χ4n) is 3.07. The van der Waals surface area contributed by atoms with E-state index < -0.39 is 0 Å². The predicted octanol–water partition coefficient (Wildman–Crippen LogP) is 5.53. The predicted molar refractivity (Wildman–Crippen MR) is 79.9 cm³/mol. The Morgan fingerprint density at radius 2 is 1.83 bits per heavy atom. The number of allylic oxidation sites excluding steroid dienone is 1. The van der Waals surface area contributed by atoms with E-state index in [0.717, 1.165) is 0 Å². The van der Waals surface area contributed by atoms with Crippen molar-refractivity contribution in [3.05, 3.63) is 53.1 Å². The largest absolute Gasteiger partial charge is 0.0654 e. The van der Waals surface area contributed by atoms with E-state index in [9.17, 15) is 0 Å². The average Bonchev–Trinajstić information content (AvgIpc) is 2.41. The Bertz CT molecular complexity index is 599. The number of rotatable bonds is 3. The molecule has 1 unspecified atom stereocenters. The second kappa shape index (κ2) is 4.61. The Morgan fingerprint density at radius 1 is 1.06 bits per heavy atom. The Balaban J connectivity index is 2.16. The number of benzene rings is 2. The van der Waals surface area contributed by atoms with E-state index in [0.29, 0.717) is 5.92 Å². The van der Waals surface area contributed by atoms with Gasteiger partial charge in [-0.3, -0.25) is 0 Å². The molecule has 1 aliphatic rings. The molecule has 0 nitrogen and oxygen atoms in total. The Kier molecular flexibility index (Phi) is 2.95. The smallest absolute Gasteiger partial charge is 0.00295 e. The lowest BCUT2D eigenvalue weighted by Gasteiger charge is -2.24. The minimum absolute atomic E-state index is 0.579. The van der Waals surface area contributed by atoms with Crippen LogP contribution < -0.4 is 0 Å². The maximum Gasteiger partial charge on any atom is 0.00295 e. The van der Waals surface area contributed by atoms with Crippen LogP contribution in [0.25, 0.3) is 16.8 Å². The summed E-state index contributed by atoms with van der Waals surface area (Å²) in [6.45, 7) is 4.62. The van der Waals surface area contributed by atoms with Crippen LogP contribution in [0.5, 0.6) is 0 Å². The topological polar surface area (TPSA) is 0 Å². The van der Waals surface area contributed by atoms with Gasteiger partial charge in [-0.1, -0.05) is 68.3 Å². The van der Waals surface area contributed by atoms with Crippen LogP contribution in [0.4, 0.5) is 0 Å². The Labute approximate surface area is 109 Å². The molecule has 2 aromatic carbocycles. The molecule has 0 N–H and O–H groups in total. The summed E-state index contributed by atoms with van der Waals surface area (Å²) in [5, 5.41) is 2.84. The molecule has 1 aliphatic carbocycles. The van der Waals surface area contributed by atoms with Crippen molar-refractivity contribution in [1.82, 2.24) is 0 Å². The van der Waals surface area contributed by atoms with Crippen molar-refractivity contribution in [1.29, 1.82) is 0 Å². The molecule has 0 aromatic heterocycles. The molecular weight excluding hydrogens is 216 g/mol. The Morgan fingerprint density at radius 3 is 2.61 bits per heavy atom. The van der Waals surface area contributed by atoms with Crippen molar-refractivity contribution in [2.24, 2.45) is 0 Å². The van der Waals surface area contributed by atoms with Gasteiger partial charge < -0.3 is 0 Å². The van der Waals surface area contributed by atoms with Crippen molar-refractivity contribution >= 4 is 16.8 Å². The Hall–Kier alpha value is -1.56. The molecule has 0 aliphatic heterocycles. The van der Waals surface area contributed by atoms with E-state index in [4.69, 9.17) is 0 Å². The minimum Gasteiger partial charge on any atom is -0.0654 e. The summed E-state index contributed by atoms with van der Waals surface area (Å²) in [5.41, 5.74) is 4.52. The first-order chi connectivity index (χ1) is 8.81. The van der Waals surface area contributed by atoms with Crippen LogP contribution in [0, 0.1) is 0 Å². The van der Waals surface area contributed by atoms with Gasteiger partial charge in [0, 0.05) is 5.92 Å². The normalized spacial score (nSPS) is 17.9. The monoisotopic (exact) mass is 236 g/mol. The maximum atomic E-state index is 2.43. The first-order valence-electron chi connectivity index (χ1n) is 7.03. The number of unbranched alkanes of at least 4 members (excludes halogenated alkanes) is 1. The van der Waals surface area contributed by atoms with Crippen LogP contribution in [-0.4, -0.2) is 0 Å². The minimum atomic E-state index is 0.579. The van der Waals surface area contributed by atoms with Gasteiger partial charge in [-0.25, -0.2) is 0 Å². The highest BCUT2D eigenvalue weighted by Crippen LogP contribution is 2.40. The SMILES string of the molecule is CCCCC1=Cc2cccc3cccc(c23)C1C. The van der Waals surface area contributed by atoms with Gasteiger partial charge in [-0.2, -0.15) is 0 Å². The summed E-state index contributed by atoms with van der Waals surface area (Å²) in [4.78, 5) is 0. The highest BCUT2D eigenvalue weighted by atomic mass is 14.2. The molecule has 0 spiro atoms. The highest BCUT2D eigenvalue weighted by Gasteiger charge is 2.19. The summed E-state index contributed by atoms with van der Waals surface area (Å²) in [6.07, 6.45) is 6.24. The van der Waals surface area contributed by atoms with E-state index >= 15 is 0 Å². The van der Waals surface area contributed by atoms with Gasteiger partial charge in [-0.15, -0.1) is 0 Å². The molecule has 0 fully saturated rings. The summed E-state index contributed by atoms with van der Waals surface area (Å²) < 4.78 is 0. The van der Waals surface area contributed by atoms with Crippen LogP contribution >= 0.6 is 0 Å². The molecular formula is C18H20. The van der Waals surface area contributed by atoms with Crippen molar-refractivity contribution in [2.75, 3.05) is 0 Å². The number of hydrogen-bond donors (Lipinski definition) is 0. The maximum absolute atomic E-state index is 2.43. The molecule has 0 radical (unpaired) electrons. The zero-order chi connectivity index (χ0) is 12.5. The lowest BCUT2D eigenvalue weighted by Crippen LogP contribution is -2.04. The quantitative estimate of drug-likeness (QED) is 0.657. The molecule has 1 atom stereocenters. The number of hydrogen-bond acceptors (Lipinski definition) is 0. The molecule has 18 heavy (non-hydrogen) atoms. The van der Waals surface area contributed by atoms with Crippen LogP contribution in [-0.2, 0) is 0 Å². The van der Waals surface area contributed by atoms with Crippen molar-refractivity contribution < 1.29 is 0 Å². The van der Waals surface area contributed by atoms with Gasteiger partial charge >= 0.3 is 0 Å². The van der Waals surface area contributed by atoms with Crippen LogP contribution in [0.2, 0.25) is 0 Å². The summed E-state index contributed by atoms with van der Waals surface area (Å²) in [6, 6.07) is 13.4. The van der Waals surface area contributed by atoms with Gasteiger partial charge in [0.15, 0.2) is 0 Å². The summed E-state index contributed by atoms with van der Waals surface area (Å²) >= 11 is 0. The third-order valence-electron chi connectivity index (χ3n) is 4.15. The molecule has 0 saturated heterocycles.